The van der Waals surface area contributed by atoms with Gasteiger partial charge in [-0.1, -0.05) is 109 Å². The van der Waals surface area contributed by atoms with E-state index in [1.165, 1.54) is 31.3 Å². The first-order valence-electron chi connectivity index (χ1n) is 14.7. The van der Waals surface area contributed by atoms with Crippen molar-refractivity contribution in [2.24, 2.45) is 9.98 Å². The van der Waals surface area contributed by atoms with Gasteiger partial charge in [0.1, 0.15) is 22.8 Å². The molecule has 1 N–H and O–H groups in total. The lowest BCUT2D eigenvalue weighted by atomic mass is 10.0. The Morgan fingerprint density at radius 2 is 1.20 bits per heavy atom. The van der Waals surface area contributed by atoms with Gasteiger partial charge in [0, 0.05) is 47.6 Å². The highest BCUT2D eigenvalue weighted by atomic mass is 32.1. The number of furan rings is 1. The molecule has 208 valence electrons. The molecule has 2 aromatic heterocycles. The van der Waals surface area contributed by atoms with Crippen molar-refractivity contribution < 1.29 is 4.42 Å². The molecule has 0 amide bonds. The summed E-state index contributed by atoms with van der Waals surface area (Å²) in [6, 6.07) is 48.6. The van der Waals surface area contributed by atoms with Crippen LogP contribution >= 0.6 is 11.3 Å². The van der Waals surface area contributed by atoms with Crippen LogP contribution in [0.5, 0.6) is 0 Å². The molecule has 0 spiro atoms. The number of rotatable bonds is 4. The Kier molecular flexibility index (Phi) is 5.71. The Morgan fingerprint density at radius 3 is 2.05 bits per heavy atom. The van der Waals surface area contributed by atoms with Crippen LogP contribution in [0.2, 0.25) is 0 Å². The van der Waals surface area contributed by atoms with Gasteiger partial charge in [0.25, 0.3) is 0 Å². The zero-order valence-electron chi connectivity index (χ0n) is 23.6. The number of aliphatic imine (C=N–C) groups is 2. The van der Waals surface area contributed by atoms with Gasteiger partial charge in [-0.05, 0) is 41.5 Å². The highest BCUT2D eigenvalue weighted by molar-refractivity contribution is 7.25. The molecule has 1 aliphatic rings. The van der Waals surface area contributed by atoms with Gasteiger partial charge in [0.2, 0.25) is 0 Å². The second-order valence-corrected chi connectivity index (χ2v) is 12.1. The van der Waals surface area contributed by atoms with E-state index in [-0.39, 0.29) is 0 Å². The minimum atomic E-state index is -0.464. The number of hydrogen-bond donors (Lipinski definition) is 1. The summed E-state index contributed by atoms with van der Waals surface area (Å²) in [7, 11) is 0. The molecule has 0 aliphatic carbocycles. The lowest BCUT2D eigenvalue weighted by Crippen LogP contribution is -2.36. The van der Waals surface area contributed by atoms with Gasteiger partial charge >= 0.3 is 0 Å². The first-order chi connectivity index (χ1) is 21.8. The fourth-order valence-electron chi connectivity index (χ4n) is 6.19. The van der Waals surface area contributed by atoms with Gasteiger partial charge in [-0.15, -0.1) is 11.3 Å². The van der Waals surface area contributed by atoms with E-state index in [1.807, 2.05) is 47.7 Å². The van der Waals surface area contributed by atoms with Crippen LogP contribution in [0.15, 0.2) is 154 Å². The highest BCUT2D eigenvalue weighted by Crippen LogP contribution is 2.38. The zero-order chi connectivity index (χ0) is 29.0. The second-order valence-electron chi connectivity index (χ2n) is 11.0. The van der Waals surface area contributed by atoms with E-state index in [2.05, 4.69) is 108 Å². The molecule has 0 fully saturated rings. The molecule has 3 heterocycles. The topological polar surface area (TPSA) is 49.9 Å². The van der Waals surface area contributed by atoms with Crippen molar-refractivity contribution in [2.45, 2.75) is 6.17 Å². The maximum atomic E-state index is 6.40. The quantitative estimate of drug-likeness (QED) is 0.224. The number of para-hydroxylation sites is 2. The Morgan fingerprint density at radius 1 is 0.500 bits per heavy atom. The predicted molar refractivity (Wildman–Crippen MR) is 184 cm³/mol. The third-order valence-electron chi connectivity index (χ3n) is 8.35. The smallest absolute Gasteiger partial charge is 0.173 e. The molecule has 4 nitrogen and oxygen atoms in total. The number of benzene rings is 6. The first kappa shape index (κ1) is 25.0. The molecule has 5 heteroatoms. The largest absolute Gasteiger partial charge is 0.456 e. The summed E-state index contributed by atoms with van der Waals surface area (Å²) in [6.45, 7) is 0. The summed E-state index contributed by atoms with van der Waals surface area (Å²) in [5.41, 5.74) is 7.13. The molecule has 1 aliphatic heterocycles. The maximum absolute atomic E-state index is 6.40. The summed E-state index contributed by atoms with van der Waals surface area (Å²) in [4.78, 5) is 10.3. The third kappa shape index (κ3) is 4.13. The minimum Gasteiger partial charge on any atom is -0.456 e. The van der Waals surface area contributed by atoms with Crippen LogP contribution < -0.4 is 5.32 Å². The van der Waals surface area contributed by atoms with Crippen LogP contribution in [0, 0.1) is 0 Å². The maximum Gasteiger partial charge on any atom is 0.173 e. The number of amidine groups is 2. The van der Waals surface area contributed by atoms with Crippen LogP contribution in [-0.4, -0.2) is 11.7 Å². The molecular formula is C39H25N3OS. The van der Waals surface area contributed by atoms with Crippen molar-refractivity contribution in [2.75, 3.05) is 0 Å². The number of nitrogens with one attached hydrogen (secondary N) is 1. The molecule has 6 aromatic carbocycles. The monoisotopic (exact) mass is 583 g/mol. The van der Waals surface area contributed by atoms with Gasteiger partial charge < -0.3 is 9.73 Å². The average Bonchev–Trinajstić information content (AvgIpc) is 3.66. The number of fused-ring (bicyclic) bond motifs is 6. The van der Waals surface area contributed by atoms with Crippen molar-refractivity contribution in [1.29, 1.82) is 0 Å². The van der Waals surface area contributed by atoms with E-state index >= 15 is 0 Å². The molecule has 1 unspecified atom stereocenters. The van der Waals surface area contributed by atoms with E-state index in [1.54, 1.807) is 0 Å². The number of hydrogen-bond acceptors (Lipinski definition) is 5. The molecule has 9 rings (SSSR count). The summed E-state index contributed by atoms with van der Waals surface area (Å²) < 4.78 is 8.93. The first-order valence-corrected chi connectivity index (χ1v) is 15.5. The van der Waals surface area contributed by atoms with Gasteiger partial charge in [0.15, 0.2) is 6.17 Å². The molecule has 0 saturated carbocycles. The Labute approximate surface area is 257 Å². The molecule has 0 bridgehead atoms. The van der Waals surface area contributed by atoms with Crippen LogP contribution in [0.1, 0.15) is 22.9 Å². The van der Waals surface area contributed by atoms with Gasteiger partial charge in [-0.25, -0.2) is 9.98 Å². The van der Waals surface area contributed by atoms with Crippen LogP contribution in [-0.2, 0) is 0 Å². The standard InChI is InChI=1S/C39H25N3OS/c1-3-10-24(11-4-1)26-18-20-29-32-22-27(19-21-34(32)44-35(29)23-26)38-40-37(25-12-5-2-6-13-25)41-39(42-38)31-16-9-15-30-28-14-7-8-17-33(28)43-36(30)31/h1-23,39H,(H,40,41,42). The van der Waals surface area contributed by atoms with Crippen molar-refractivity contribution >= 4 is 65.1 Å². The predicted octanol–water partition coefficient (Wildman–Crippen LogP) is 10.1. The van der Waals surface area contributed by atoms with E-state index in [9.17, 15) is 0 Å². The fourth-order valence-corrected chi connectivity index (χ4v) is 7.31. The average molecular weight is 584 g/mol. The fraction of sp³-hybridized carbons (Fsp3) is 0.0256. The lowest BCUT2D eigenvalue weighted by Gasteiger charge is -2.22. The van der Waals surface area contributed by atoms with Gasteiger partial charge in [-0.3, -0.25) is 0 Å². The van der Waals surface area contributed by atoms with E-state index in [0.717, 1.165) is 50.3 Å². The summed E-state index contributed by atoms with van der Waals surface area (Å²) >= 11 is 1.83. The van der Waals surface area contributed by atoms with Crippen molar-refractivity contribution in [3.8, 4) is 11.1 Å². The van der Waals surface area contributed by atoms with E-state index < -0.39 is 6.17 Å². The summed E-state index contributed by atoms with van der Waals surface area (Å²) in [5.74, 6) is 1.58. The highest BCUT2D eigenvalue weighted by Gasteiger charge is 2.24. The van der Waals surface area contributed by atoms with Crippen LogP contribution in [0.25, 0.3) is 53.2 Å². The molecule has 8 aromatic rings. The summed E-state index contributed by atoms with van der Waals surface area (Å²) in [6.07, 6.45) is -0.464. The van der Waals surface area contributed by atoms with Gasteiger partial charge in [0.05, 0.1) is 0 Å². The van der Waals surface area contributed by atoms with Crippen molar-refractivity contribution in [3.05, 3.63) is 156 Å². The summed E-state index contributed by atoms with van der Waals surface area (Å²) in [5, 5.41) is 8.22. The van der Waals surface area contributed by atoms with Crippen LogP contribution in [0.3, 0.4) is 0 Å². The van der Waals surface area contributed by atoms with Crippen LogP contribution in [0.4, 0.5) is 0 Å². The lowest BCUT2D eigenvalue weighted by molar-refractivity contribution is 0.649. The van der Waals surface area contributed by atoms with E-state index in [0.29, 0.717) is 0 Å². The minimum absolute atomic E-state index is 0.464. The third-order valence-corrected chi connectivity index (χ3v) is 9.49. The number of nitrogens with zero attached hydrogens (tertiary/aromatic N) is 2. The van der Waals surface area contributed by atoms with E-state index in [4.69, 9.17) is 14.4 Å². The molecular weight excluding hydrogens is 559 g/mol. The van der Waals surface area contributed by atoms with Gasteiger partial charge in [-0.2, -0.15) is 0 Å². The second kappa shape index (κ2) is 10.0. The Balaban J connectivity index is 1.18. The Bertz CT molecular complexity index is 2420. The molecule has 1 atom stereocenters. The molecule has 0 saturated heterocycles. The SMILES string of the molecule is c1ccc(C2=NC(c3cccc4c3oc3ccccc34)N=C(c3ccc4sc5cc(-c6ccccc6)ccc5c4c3)N2)cc1. The molecule has 44 heavy (non-hydrogen) atoms. The Hall–Kier alpha value is -5.52. The molecule has 0 radical (unpaired) electrons. The zero-order valence-corrected chi connectivity index (χ0v) is 24.4. The van der Waals surface area contributed by atoms with Crippen molar-refractivity contribution in [3.63, 3.8) is 0 Å². The van der Waals surface area contributed by atoms with Crippen molar-refractivity contribution in [1.82, 2.24) is 5.32 Å². The number of thiophene rings is 1. The normalized spacial score (nSPS) is 15.0.